The fourth-order valence-corrected chi connectivity index (χ4v) is 16.1. The van der Waals surface area contributed by atoms with Crippen molar-refractivity contribution < 1.29 is 104 Å². The van der Waals surface area contributed by atoms with Crippen LogP contribution in [-0.2, 0) is 42.7 Å². The molecule has 21 nitrogen and oxygen atoms in total. The van der Waals surface area contributed by atoms with Crippen LogP contribution in [0.3, 0.4) is 0 Å². The van der Waals surface area contributed by atoms with Crippen LogP contribution in [-0.4, -0.2) is 210 Å². The van der Waals surface area contributed by atoms with Gasteiger partial charge in [0.05, 0.1) is 43.5 Å². The van der Waals surface area contributed by atoms with Gasteiger partial charge < -0.3 is 99.2 Å². The molecule has 8 fully saturated rings. The zero-order valence-electron chi connectivity index (χ0n) is 44.1. The van der Waals surface area contributed by atoms with Crippen molar-refractivity contribution in [3.63, 3.8) is 0 Å². The molecular weight excluding hydrogens is 973 g/mol. The second-order valence-electron chi connectivity index (χ2n) is 25.6. The quantitative estimate of drug-likeness (QED) is 0.0755. The van der Waals surface area contributed by atoms with Gasteiger partial charge in [-0.3, -0.25) is 4.79 Å². The molecule has 21 heteroatoms. The molecule has 4 aliphatic heterocycles. The fraction of sp³-hybridized carbons (Fsp3) is 0.943. The first-order valence-corrected chi connectivity index (χ1v) is 27.1. The van der Waals surface area contributed by atoms with Crippen LogP contribution >= 0.6 is 0 Å². The molecule has 74 heavy (non-hydrogen) atoms. The summed E-state index contributed by atoms with van der Waals surface area (Å²) in [4.78, 5) is 15.3. The Bertz CT molecular complexity index is 2050. The minimum absolute atomic E-state index is 0.0416. The second-order valence-corrected chi connectivity index (χ2v) is 25.6. The molecule has 0 unspecified atom stereocenters. The standard InChI is InChI=1S/C53H86O21/c1-23-32(57)36(61)39(64)43(68-23)72-41-34(59)27(56)21-67-45(41)71-31-12-13-49(5)29(50(31,6)22-55)11-14-52(8)30(49)10-9-25-26-19-48(3,4)15-17-53(26,18-16-51(25,52)7)47(66)74-46-42(38(63)35(60)28(20-54)70-46)73-44-40(65)37(62)33(58)24(2)69-44/h9,23-24,26-46,54-65H,10-22H2,1-8H3/t23-,24-,26-,27-,28+,29+,30+,31-,32-,33-,34-,35+,36+,37+,38-,39+,40+,41+,42+,43-,44-,45-,46-,49-,50-,51+,52+,53-/m0/s1. The van der Waals surface area contributed by atoms with Crippen molar-refractivity contribution in [3.05, 3.63) is 11.6 Å². The van der Waals surface area contributed by atoms with Crippen molar-refractivity contribution in [1.82, 2.24) is 0 Å². The highest BCUT2D eigenvalue weighted by Crippen LogP contribution is 2.76. The van der Waals surface area contributed by atoms with Gasteiger partial charge >= 0.3 is 5.97 Å². The highest BCUT2D eigenvalue weighted by atomic mass is 16.8. The van der Waals surface area contributed by atoms with Crippen LogP contribution < -0.4 is 0 Å². The van der Waals surface area contributed by atoms with Gasteiger partial charge in [0.15, 0.2) is 25.0 Å². The van der Waals surface area contributed by atoms with Gasteiger partial charge in [0.2, 0.25) is 6.29 Å². The third-order valence-corrected chi connectivity index (χ3v) is 21.1. The normalized spacial score (nSPS) is 55.4. The SMILES string of the molecule is C[C@@H]1O[C@@H](O[C@H]2[C@H](O[C@H]3CC[C@@]4(C)[C@@H](CC[C@]5(C)[C@@H]4CC=C4[C@@H]6CC(C)(C)CC[C@]6(C(=O)O[C@@H]6O[C@H](CO)[C@@H](O)[C@H](O)[C@H]6O[C@@H]6O[C@@H](C)[C@H](O)[C@@H](O)[C@H]6O)CC[C@]45C)[C@]3(C)CO)OC[C@H](O)[C@@H]2O)[C@H](O)[C@H](O)[C@H]1O. The number of aliphatic hydroxyl groups excluding tert-OH is 12. The van der Waals surface area contributed by atoms with Crippen LogP contribution in [0.5, 0.6) is 0 Å². The van der Waals surface area contributed by atoms with E-state index in [0.29, 0.717) is 38.5 Å². The van der Waals surface area contributed by atoms with Crippen molar-refractivity contribution in [2.75, 3.05) is 19.8 Å². The van der Waals surface area contributed by atoms with E-state index in [0.717, 1.165) is 25.7 Å². The maximum Gasteiger partial charge on any atom is 0.315 e. The lowest BCUT2D eigenvalue weighted by atomic mass is 9.33. The topological polar surface area (TPSA) is 334 Å². The Morgan fingerprint density at radius 2 is 1.22 bits per heavy atom. The van der Waals surface area contributed by atoms with E-state index >= 15 is 4.79 Å². The Labute approximate surface area is 433 Å². The molecule has 0 radical (unpaired) electrons. The maximum absolute atomic E-state index is 15.3. The van der Waals surface area contributed by atoms with Crippen LogP contribution in [0.2, 0.25) is 0 Å². The van der Waals surface area contributed by atoms with E-state index in [1.807, 2.05) is 6.92 Å². The molecule has 0 spiro atoms. The zero-order valence-corrected chi connectivity index (χ0v) is 44.1. The van der Waals surface area contributed by atoms with Crippen LogP contribution in [0.15, 0.2) is 11.6 Å². The highest BCUT2D eigenvalue weighted by molar-refractivity contribution is 5.79. The molecule has 4 saturated carbocycles. The molecule has 0 amide bonds. The number of ether oxygens (including phenoxy) is 8. The van der Waals surface area contributed by atoms with Crippen LogP contribution in [0.1, 0.15) is 120 Å². The molecule has 9 rings (SSSR count). The first kappa shape index (κ1) is 57.1. The fourth-order valence-electron chi connectivity index (χ4n) is 16.1. The van der Waals surface area contributed by atoms with Gasteiger partial charge in [0, 0.05) is 5.41 Å². The van der Waals surface area contributed by atoms with E-state index in [2.05, 4.69) is 40.7 Å². The van der Waals surface area contributed by atoms with Crippen molar-refractivity contribution >= 4 is 5.97 Å². The Hall–Kier alpha value is -1.55. The number of fused-ring (bicyclic) bond motifs is 7. The van der Waals surface area contributed by atoms with E-state index in [1.54, 1.807) is 0 Å². The second kappa shape index (κ2) is 20.5. The summed E-state index contributed by atoms with van der Waals surface area (Å²) in [6.07, 6.45) is -19.9. The van der Waals surface area contributed by atoms with Gasteiger partial charge in [0.1, 0.15) is 73.2 Å². The highest BCUT2D eigenvalue weighted by Gasteiger charge is 2.71. The van der Waals surface area contributed by atoms with Crippen molar-refractivity contribution in [2.24, 2.45) is 50.2 Å². The predicted octanol–water partition coefficient (Wildman–Crippen LogP) is -0.369. The molecule has 0 aromatic carbocycles. The lowest BCUT2D eigenvalue weighted by molar-refractivity contribution is -0.365. The maximum atomic E-state index is 15.3. The average molecular weight is 1060 g/mol. The summed E-state index contributed by atoms with van der Waals surface area (Å²) in [6, 6.07) is 0. The summed E-state index contributed by atoms with van der Waals surface area (Å²) >= 11 is 0. The van der Waals surface area contributed by atoms with Gasteiger partial charge in [-0.1, -0.05) is 53.2 Å². The van der Waals surface area contributed by atoms with Crippen LogP contribution in [0, 0.1) is 50.2 Å². The molecule has 424 valence electrons. The summed E-state index contributed by atoms with van der Waals surface area (Å²) in [7, 11) is 0. The monoisotopic (exact) mass is 1060 g/mol. The lowest BCUT2D eigenvalue weighted by Crippen LogP contribution is -2.67. The largest absolute Gasteiger partial charge is 0.432 e. The molecule has 5 aliphatic carbocycles. The number of rotatable bonds is 10. The summed E-state index contributed by atoms with van der Waals surface area (Å²) < 4.78 is 48.5. The van der Waals surface area contributed by atoms with Gasteiger partial charge in [-0.05, 0) is 117 Å². The molecule has 0 aromatic heterocycles. The third-order valence-electron chi connectivity index (χ3n) is 21.1. The number of carbonyl (C=O) groups excluding carboxylic acids is 1. The van der Waals surface area contributed by atoms with Gasteiger partial charge in [-0.2, -0.15) is 0 Å². The van der Waals surface area contributed by atoms with E-state index in [4.69, 9.17) is 37.9 Å². The summed E-state index contributed by atoms with van der Waals surface area (Å²) in [5.41, 5.74) is -1.71. The molecule has 4 saturated heterocycles. The molecule has 9 aliphatic rings. The first-order valence-electron chi connectivity index (χ1n) is 27.1. The zero-order chi connectivity index (χ0) is 54.0. The number of esters is 1. The summed E-state index contributed by atoms with van der Waals surface area (Å²) in [5, 5.41) is 129. The lowest BCUT2D eigenvalue weighted by Gasteiger charge is -2.71. The molecule has 4 heterocycles. The number of aliphatic hydroxyl groups is 12. The summed E-state index contributed by atoms with van der Waals surface area (Å²) in [6.45, 7) is 15.3. The number of carbonyl (C=O) groups is 1. The molecule has 28 atom stereocenters. The minimum Gasteiger partial charge on any atom is -0.432 e. The van der Waals surface area contributed by atoms with E-state index < -0.39 is 146 Å². The molecule has 0 aromatic rings. The third kappa shape index (κ3) is 9.08. The van der Waals surface area contributed by atoms with E-state index in [1.165, 1.54) is 19.4 Å². The van der Waals surface area contributed by atoms with Crippen molar-refractivity contribution in [2.45, 2.75) is 242 Å². The smallest absolute Gasteiger partial charge is 0.315 e. The van der Waals surface area contributed by atoms with Gasteiger partial charge in [-0.15, -0.1) is 0 Å². The minimum atomic E-state index is -1.79. The molecule has 0 bridgehead atoms. The molecular formula is C53H86O21. The van der Waals surface area contributed by atoms with Crippen LogP contribution in [0.4, 0.5) is 0 Å². The summed E-state index contributed by atoms with van der Waals surface area (Å²) in [5.74, 6) is -0.717. The van der Waals surface area contributed by atoms with Crippen LogP contribution in [0.25, 0.3) is 0 Å². The number of hydrogen-bond acceptors (Lipinski definition) is 21. The Balaban J connectivity index is 0.969. The van der Waals surface area contributed by atoms with E-state index in [-0.39, 0.29) is 52.6 Å². The van der Waals surface area contributed by atoms with Crippen molar-refractivity contribution in [3.8, 4) is 0 Å². The van der Waals surface area contributed by atoms with E-state index in [9.17, 15) is 61.3 Å². The van der Waals surface area contributed by atoms with Crippen molar-refractivity contribution in [1.29, 1.82) is 0 Å². The predicted molar refractivity (Wildman–Crippen MR) is 255 cm³/mol. The van der Waals surface area contributed by atoms with Gasteiger partial charge in [-0.25, -0.2) is 0 Å². The Morgan fingerprint density at radius 1 is 0.622 bits per heavy atom. The first-order chi connectivity index (χ1) is 34.6. The Morgan fingerprint density at radius 3 is 1.81 bits per heavy atom. The number of hydrogen-bond donors (Lipinski definition) is 12. The number of allylic oxidation sites excluding steroid dienone is 2. The van der Waals surface area contributed by atoms with Gasteiger partial charge in [0.25, 0.3) is 0 Å². The Kier molecular flexibility index (Phi) is 15.8. The average Bonchev–Trinajstić information content (AvgIpc) is 3.35. The molecule has 12 N–H and O–H groups in total.